The molecular formula is C13H22N2O4. The van der Waals surface area contributed by atoms with Gasteiger partial charge in [-0.1, -0.05) is 0 Å². The molecule has 0 spiro atoms. The number of carbonyl (C=O) groups is 2. The predicted octanol–water partition coefficient (Wildman–Crippen LogP) is 0.607. The molecule has 2 N–H and O–H groups in total. The highest BCUT2D eigenvalue weighted by atomic mass is 16.4. The van der Waals surface area contributed by atoms with Crippen LogP contribution in [0.5, 0.6) is 0 Å². The minimum Gasteiger partial charge on any atom is -0.481 e. The van der Waals surface area contributed by atoms with Crippen LogP contribution in [0.2, 0.25) is 0 Å². The van der Waals surface area contributed by atoms with Crippen molar-refractivity contribution in [3.8, 4) is 0 Å². The Bertz CT molecular complexity index is 348. The van der Waals surface area contributed by atoms with E-state index in [1.54, 1.807) is 9.80 Å². The first-order valence-corrected chi connectivity index (χ1v) is 6.99. The molecule has 0 aromatic rings. The van der Waals surface area contributed by atoms with Gasteiger partial charge in [0.2, 0.25) is 0 Å². The van der Waals surface area contributed by atoms with Crippen molar-refractivity contribution in [3.05, 3.63) is 0 Å². The van der Waals surface area contributed by atoms with Crippen LogP contribution >= 0.6 is 0 Å². The zero-order chi connectivity index (χ0) is 13.8. The summed E-state index contributed by atoms with van der Waals surface area (Å²) < 4.78 is 0. The smallest absolute Gasteiger partial charge is 0.320 e. The maximum absolute atomic E-state index is 12.4. The number of rotatable bonds is 2. The molecule has 0 aromatic carbocycles. The highest BCUT2D eigenvalue weighted by Gasteiger charge is 2.32. The molecule has 108 valence electrons. The summed E-state index contributed by atoms with van der Waals surface area (Å²) in [6.45, 7) is 2.37. The van der Waals surface area contributed by atoms with Crippen LogP contribution in [0.3, 0.4) is 0 Å². The monoisotopic (exact) mass is 270 g/mol. The number of hydrogen-bond donors (Lipinski definition) is 2. The SMILES string of the molecule is O=C(O)[C@@H]1CCCN(C(=O)N2CCCC(CO)C2)C1. The molecule has 0 saturated carbocycles. The van der Waals surface area contributed by atoms with Gasteiger partial charge in [-0.15, -0.1) is 0 Å². The lowest BCUT2D eigenvalue weighted by molar-refractivity contribution is -0.143. The van der Waals surface area contributed by atoms with Gasteiger partial charge in [0.25, 0.3) is 0 Å². The molecular weight excluding hydrogens is 248 g/mol. The topological polar surface area (TPSA) is 81.1 Å². The molecule has 2 amide bonds. The summed E-state index contributed by atoms with van der Waals surface area (Å²) in [7, 11) is 0. The van der Waals surface area contributed by atoms with Crippen LogP contribution in [-0.4, -0.2) is 64.8 Å². The third-order valence-electron chi connectivity index (χ3n) is 4.09. The summed E-state index contributed by atoms with van der Waals surface area (Å²) in [5.41, 5.74) is 0. The van der Waals surface area contributed by atoms with E-state index in [0.29, 0.717) is 32.6 Å². The number of amides is 2. The molecule has 2 aliphatic rings. The molecule has 0 aliphatic carbocycles. The van der Waals surface area contributed by atoms with E-state index in [1.807, 2.05) is 0 Å². The molecule has 19 heavy (non-hydrogen) atoms. The minimum absolute atomic E-state index is 0.0656. The van der Waals surface area contributed by atoms with Gasteiger partial charge in [0.15, 0.2) is 0 Å². The normalized spacial score (nSPS) is 28.3. The Kier molecular flexibility index (Phi) is 4.63. The number of carboxylic acids is 1. The summed E-state index contributed by atoms with van der Waals surface area (Å²) in [6.07, 6.45) is 3.27. The molecule has 2 aliphatic heterocycles. The van der Waals surface area contributed by atoms with Crippen LogP contribution in [0.15, 0.2) is 0 Å². The highest BCUT2D eigenvalue weighted by molar-refractivity contribution is 5.76. The molecule has 6 nitrogen and oxygen atoms in total. The summed E-state index contributed by atoms with van der Waals surface area (Å²) in [5, 5.41) is 18.2. The van der Waals surface area contributed by atoms with E-state index in [0.717, 1.165) is 19.3 Å². The molecule has 2 fully saturated rings. The Morgan fingerprint density at radius 2 is 1.68 bits per heavy atom. The van der Waals surface area contributed by atoms with Crippen molar-refractivity contribution in [2.75, 3.05) is 32.8 Å². The van der Waals surface area contributed by atoms with E-state index in [1.165, 1.54) is 0 Å². The Balaban J connectivity index is 1.93. The molecule has 2 heterocycles. The molecule has 2 rings (SSSR count). The van der Waals surface area contributed by atoms with Gasteiger partial charge in [-0.3, -0.25) is 4.79 Å². The van der Waals surface area contributed by atoms with Crippen LogP contribution in [0.4, 0.5) is 4.79 Å². The van der Waals surface area contributed by atoms with Gasteiger partial charge in [0.05, 0.1) is 5.92 Å². The quantitative estimate of drug-likeness (QED) is 0.770. The number of nitrogens with zero attached hydrogens (tertiary/aromatic N) is 2. The molecule has 1 unspecified atom stereocenters. The van der Waals surface area contributed by atoms with Crippen molar-refractivity contribution in [3.63, 3.8) is 0 Å². The zero-order valence-electron chi connectivity index (χ0n) is 11.1. The summed E-state index contributed by atoms with van der Waals surface area (Å²) >= 11 is 0. The third kappa shape index (κ3) is 3.37. The van der Waals surface area contributed by atoms with E-state index in [2.05, 4.69) is 0 Å². The van der Waals surface area contributed by atoms with Gasteiger partial charge < -0.3 is 20.0 Å². The second-order valence-corrected chi connectivity index (χ2v) is 5.54. The van der Waals surface area contributed by atoms with Crippen molar-refractivity contribution < 1.29 is 19.8 Å². The number of carbonyl (C=O) groups excluding carboxylic acids is 1. The first-order valence-electron chi connectivity index (χ1n) is 6.99. The van der Waals surface area contributed by atoms with Crippen molar-refractivity contribution in [1.82, 2.24) is 9.80 Å². The molecule has 2 atom stereocenters. The van der Waals surface area contributed by atoms with Gasteiger partial charge in [-0.25, -0.2) is 4.79 Å². The van der Waals surface area contributed by atoms with E-state index in [-0.39, 0.29) is 18.6 Å². The van der Waals surface area contributed by atoms with Crippen LogP contribution in [-0.2, 0) is 4.79 Å². The zero-order valence-corrected chi connectivity index (χ0v) is 11.1. The lowest BCUT2D eigenvalue weighted by atomic mass is 9.97. The molecule has 0 bridgehead atoms. The summed E-state index contributed by atoms with van der Waals surface area (Å²) in [4.78, 5) is 26.8. The number of urea groups is 1. The summed E-state index contributed by atoms with van der Waals surface area (Å²) in [6, 6.07) is -0.0656. The van der Waals surface area contributed by atoms with Crippen molar-refractivity contribution >= 4 is 12.0 Å². The third-order valence-corrected chi connectivity index (χ3v) is 4.09. The fourth-order valence-electron chi connectivity index (χ4n) is 2.94. The average Bonchev–Trinajstić information content (AvgIpc) is 2.46. The van der Waals surface area contributed by atoms with Gasteiger partial charge >= 0.3 is 12.0 Å². The standard InChI is InChI=1S/C13H22N2O4/c16-9-10-3-1-5-14(7-10)13(19)15-6-2-4-11(8-15)12(17)18/h10-11,16H,1-9H2,(H,17,18)/t10?,11-/m1/s1. The molecule has 6 heteroatoms. The van der Waals surface area contributed by atoms with Crippen LogP contribution in [0, 0.1) is 11.8 Å². The second kappa shape index (κ2) is 6.23. The van der Waals surface area contributed by atoms with E-state index < -0.39 is 11.9 Å². The van der Waals surface area contributed by atoms with E-state index in [4.69, 9.17) is 5.11 Å². The predicted molar refractivity (Wildman–Crippen MR) is 68.7 cm³/mol. The van der Waals surface area contributed by atoms with E-state index in [9.17, 15) is 14.7 Å². The second-order valence-electron chi connectivity index (χ2n) is 5.54. The fraction of sp³-hybridized carbons (Fsp3) is 0.846. The van der Waals surface area contributed by atoms with Crippen LogP contribution in [0.1, 0.15) is 25.7 Å². The maximum Gasteiger partial charge on any atom is 0.320 e. The number of aliphatic hydroxyl groups excluding tert-OH is 1. The molecule has 0 aromatic heterocycles. The van der Waals surface area contributed by atoms with Crippen molar-refractivity contribution in [1.29, 1.82) is 0 Å². The number of aliphatic hydroxyl groups is 1. The first-order chi connectivity index (χ1) is 9.11. The van der Waals surface area contributed by atoms with Crippen molar-refractivity contribution in [2.24, 2.45) is 11.8 Å². The number of aliphatic carboxylic acids is 1. The number of piperidine rings is 2. The van der Waals surface area contributed by atoms with Gasteiger partial charge in [-0.05, 0) is 31.6 Å². The lowest BCUT2D eigenvalue weighted by Gasteiger charge is -2.38. The van der Waals surface area contributed by atoms with Gasteiger partial charge in [-0.2, -0.15) is 0 Å². The number of likely N-dealkylation sites (tertiary alicyclic amines) is 2. The van der Waals surface area contributed by atoms with E-state index >= 15 is 0 Å². The fourth-order valence-corrected chi connectivity index (χ4v) is 2.94. The van der Waals surface area contributed by atoms with Gasteiger partial charge in [0, 0.05) is 32.8 Å². The highest BCUT2D eigenvalue weighted by Crippen LogP contribution is 2.21. The van der Waals surface area contributed by atoms with Crippen molar-refractivity contribution in [2.45, 2.75) is 25.7 Å². The Morgan fingerprint density at radius 3 is 2.32 bits per heavy atom. The van der Waals surface area contributed by atoms with Crippen LogP contribution in [0.25, 0.3) is 0 Å². The molecule has 2 saturated heterocycles. The number of carboxylic acid groups (broad SMARTS) is 1. The Morgan fingerprint density at radius 1 is 1.05 bits per heavy atom. The first kappa shape index (κ1) is 14.1. The summed E-state index contributed by atoms with van der Waals surface area (Å²) in [5.74, 6) is -1.08. The number of hydrogen-bond acceptors (Lipinski definition) is 3. The Labute approximate surface area is 113 Å². The molecule has 0 radical (unpaired) electrons. The Hall–Kier alpha value is -1.30. The maximum atomic E-state index is 12.4. The minimum atomic E-state index is -0.815. The largest absolute Gasteiger partial charge is 0.481 e. The van der Waals surface area contributed by atoms with Crippen LogP contribution < -0.4 is 0 Å². The average molecular weight is 270 g/mol. The van der Waals surface area contributed by atoms with Gasteiger partial charge in [0.1, 0.15) is 0 Å². The lowest BCUT2D eigenvalue weighted by Crippen LogP contribution is -2.51.